The first-order chi connectivity index (χ1) is 9.34. The molecule has 0 saturated carbocycles. The van der Waals surface area contributed by atoms with Crippen LogP contribution in [0.3, 0.4) is 0 Å². The lowest BCUT2D eigenvalue weighted by Crippen LogP contribution is -2.35. The van der Waals surface area contributed by atoms with Crippen LogP contribution in [0.2, 0.25) is 0 Å². The second kappa shape index (κ2) is 7.30. The molecule has 0 unspecified atom stereocenters. The maximum Gasteiger partial charge on any atom is 0.224 e. The molecule has 0 aliphatic heterocycles. The van der Waals surface area contributed by atoms with E-state index in [1.165, 1.54) is 0 Å². The highest BCUT2D eigenvalue weighted by molar-refractivity contribution is 7.89. The number of hydrogen-bond donors (Lipinski definition) is 2. The molecule has 2 N–H and O–H groups in total. The van der Waals surface area contributed by atoms with Crippen molar-refractivity contribution in [3.05, 3.63) is 35.4 Å². The SMILES string of the molecule is CCNS(=O)(=O)CCNC(=O)Cc1cc(F)ccc1F. The van der Waals surface area contributed by atoms with Crippen molar-refractivity contribution in [2.75, 3.05) is 18.8 Å². The van der Waals surface area contributed by atoms with Crippen LogP contribution in [0.1, 0.15) is 12.5 Å². The van der Waals surface area contributed by atoms with E-state index in [0.717, 1.165) is 18.2 Å². The average Bonchev–Trinajstić information content (AvgIpc) is 2.33. The largest absolute Gasteiger partial charge is 0.355 e. The van der Waals surface area contributed by atoms with E-state index in [1.54, 1.807) is 6.92 Å². The molecule has 0 spiro atoms. The van der Waals surface area contributed by atoms with Crippen LogP contribution in [0.4, 0.5) is 8.78 Å². The minimum absolute atomic E-state index is 0.0722. The normalized spacial score (nSPS) is 11.3. The molecule has 5 nitrogen and oxygen atoms in total. The molecule has 0 heterocycles. The fourth-order valence-corrected chi connectivity index (χ4v) is 2.49. The molecule has 0 saturated heterocycles. The first kappa shape index (κ1) is 16.5. The van der Waals surface area contributed by atoms with Gasteiger partial charge in [0, 0.05) is 18.7 Å². The number of amides is 1. The van der Waals surface area contributed by atoms with Crippen molar-refractivity contribution in [1.29, 1.82) is 0 Å². The van der Waals surface area contributed by atoms with Crippen LogP contribution in [0.5, 0.6) is 0 Å². The Bertz CT molecular complexity index is 576. The van der Waals surface area contributed by atoms with Crippen LogP contribution in [0.15, 0.2) is 18.2 Å². The van der Waals surface area contributed by atoms with Crippen molar-refractivity contribution < 1.29 is 22.0 Å². The lowest BCUT2D eigenvalue weighted by molar-refractivity contribution is -0.120. The van der Waals surface area contributed by atoms with Gasteiger partial charge in [-0.1, -0.05) is 6.92 Å². The molecule has 1 rings (SSSR count). The summed E-state index contributed by atoms with van der Waals surface area (Å²) in [7, 11) is -3.41. The molecule has 112 valence electrons. The first-order valence-corrected chi connectivity index (χ1v) is 7.67. The number of carbonyl (C=O) groups excluding carboxylic acids is 1. The summed E-state index contributed by atoms with van der Waals surface area (Å²) in [5, 5.41) is 2.35. The van der Waals surface area contributed by atoms with Gasteiger partial charge < -0.3 is 5.32 Å². The van der Waals surface area contributed by atoms with E-state index in [9.17, 15) is 22.0 Å². The molecule has 0 radical (unpaired) electrons. The summed E-state index contributed by atoms with van der Waals surface area (Å²) < 4.78 is 51.1. The zero-order valence-electron chi connectivity index (χ0n) is 10.9. The molecule has 0 aromatic heterocycles. The van der Waals surface area contributed by atoms with Gasteiger partial charge in [-0.05, 0) is 18.2 Å². The van der Waals surface area contributed by atoms with Gasteiger partial charge in [0.1, 0.15) is 11.6 Å². The Morgan fingerprint density at radius 2 is 2.00 bits per heavy atom. The van der Waals surface area contributed by atoms with Crippen LogP contribution in [0, 0.1) is 11.6 Å². The maximum atomic E-state index is 13.3. The van der Waals surface area contributed by atoms with Crippen molar-refractivity contribution in [2.45, 2.75) is 13.3 Å². The Hall–Kier alpha value is -1.54. The van der Waals surface area contributed by atoms with E-state index in [1.807, 2.05) is 0 Å². The number of carbonyl (C=O) groups is 1. The quantitative estimate of drug-likeness (QED) is 0.773. The Balaban J connectivity index is 2.47. The number of hydrogen-bond acceptors (Lipinski definition) is 3. The van der Waals surface area contributed by atoms with Crippen LogP contribution in [-0.4, -0.2) is 33.2 Å². The van der Waals surface area contributed by atoms with Crippen molar-refractivity contribution in [3.63, 3.8) is 0 Å². The Kier molecular flexibility index (Phi) is 6.03. The summed E-state index contributed by atoms with van der Waals surface area (Å²) in [4.78, 5) is 11.5. The van der Waals surface area contributed by atoms with Gasteiger partial charge in [0.25, 0.3) is 0 Å². The molecular weight excluding hydrogens is 290 g/mol. The second-order valence-corrected chi connectivity index (χ2v) is 6.01. The molecule has 0 atom stereocenters. The Morgan fingerprint density at radius 3 is 2.65 bits per heavy atom. The topological polar surface area (TPSA) is 75.3 Å². The van der Waals surface area contributed by atoms with E-state index < -0.39 is 27.6 Å². The van der Waals surface area contributed by atoms with Crippen LogP contribution < -0.4 is 10.0 Å². The highest BCUT2D eigenvalue weighted by Gasteiger charge is 2.11. The summed E-state index contributed by atoms with van der Waals surface area (Å²) in [5.41, 5.74) is -0.0722. The minimum Gasteiger partial charge on any atom is -0.355 e. The van der Waals surface area contributed by atoms with Gasteiger partial charge in [0.2, 0.25) is 15.9 Å². The van der Waals surface area contributed by atoms with E-state index in [-0.39, 0.29) is 30.8 Å². The predicted octanol–water partition coefficient (Wildman–Crippen LogP) is 0.563. The molecule has 20 heavy (non-hydrogen) atoms. The number of rotatable bonds is 7. The zero-order chi connectivity index (χ0) is 15.2. The van der Waals surface area contributed by atoms with E-state index in [4.69, 9.17) is 0 Å². The monoisotopic (exact) mass is 306 g/mol. The molecule has 0 aliphatic carbocycles. The molecule has 1 aromatic rings. The van der Waals surface area contributed by atoms with Crippen LogP contribution in [0.25, 0.3) is 0 Å². The van der Waals surface area contributed by atoms with Gasteiger partial charge >= 0.3 is 0 Å². The van der Waals surface area contributed by atoms with Gasteiger partial charge in [-0.25, -0.2) is 21.9 Å². The molecular formula is C12H16F2N2O3S. The molecule has 1 amide bonds. The van der Waals surface area contributed by atoms with Gasteiger partial charge in [-0.2, -0.15) is 0 Å². The first-order valence-electron chi connectivity index (χ1n) is 6.02. The van der Waals surface area contributed by atoms with Crippen LogP contribution >= 0.6 is 0 Å². The summed E-state index contributed by atoms with van der Waals surface area (Å²) in [6, 6.07) is 2.83. The summed E-state index contributed by atoms with van der Waals surface area (Å²) >= 11 is 0. The average molecular weight is 306 g/mol. The van der Waals surface area contributed by atoms with Gasteiger partial charge in [-0.15, -0.1) is 0 Å². The fourth-order valence-electron chi connectivity index (χ4n) is 1.53. The molecule has 0 bridgehead atoms. The van der Waals surface area contributed by atoms with Gasteiger partial charge in [0.05, 0.1) is 12.2 Å². The number of sulfonamides is 1. The highest BCUT2D eigenvalue weighted by Crippen LogP contribution is 2.10. The molecule has 8 heteroatoms. The second-order valence-electron chi connectivity index (χ2n) is 4.08. The number of benzene rings is 1. The van der Waals surface area contributed by atoms with Crippen molar-refractivity contribution >= 4 is 15.9 Å². The minimum atomic E-state index is -3.41. The van der Waals surface area contributed by atoms with Crippen LogP contribution in [-0.2, 0) is 21.2 Å². The smallest absolute Gasteiger partial charge is 0.224 e. The zero-order valence-corrected chi connectivity index (χ0v) is 11.8. The Labute approximate surface area is 116 Å². The van der Waals surface area contributed by atoms with Crippen molar-refractivity contribution in [1.82, 2.24) is 10.0 Å². The lowest BCUT2D eigenvalue weighted by Gasteiger charge is -2.07. The summed E-state index contributed by atoms with van der Waals surface area (Å²) in [5.74, 6) is -2.15. The van der Waals surface area contributed by atoms with Gasteiger partial charge in [-0.3, -0.25) is 4.79 Å². The lowest BCUT2D eigenvalue weighted by atomic mass is 10.1. The third-order valence-electron chi connectivity index (χ3n) is 2.42. The van der Waals surface area contributed by atoms with E-state index in [0.29, 0.717) is 0 Å². The van der Waals surface area contributed by atoms with Crippen molar-refractivity contribution in [2.24, 2.45) is 0 Å². The summed E-state index contributed by atoms with van der Waals surface area (Å²) in [6.07, 6.45) is -0.342. The standard InChI is InChI=1S/C12H16F2N2O3S/c1-2-16-20(18,19)6-5-15-12(17)8-9-7-10(13)3-4-11(9)14/h3-4,7,16H,2,5-6,8H2,1H3,(H,15,17). The molecule has 0 fully saturated rings. The van der Waals surface area contributed by atoms with Gasteiger partial charge in [0.15, 0.2) is 0 Å². The number of nitrogens with one attached hydrogen (secondary N) is 2. The maximum absolute atomic E-state index is 13.3. The van der Waals surface area contributed by atoms with Crippen molar-refractivity contribution in [3.8, 4) is 0 Å². The third-order valence-corrected chi connectivity index (χ3v) is 3.89. The number of halogens is 2. The third kappa shape index (κ3) is 5.62. The fraction of sp³-hybridized carbons (Fsp3) is 0.417. The summed E-state index contributed by atoms with van der Waals surface area (Å²) in [6.45, 7) is 1.82. The highest BCUT2D eigenvalue weighted by atomic mass is 32.2. The molecule has 1 aromatic carbocycles. The predicted molar refractivity (Wildman–Crippen MR) is 70.5 cm³/mol. The molecule has 0 aliphatic rings. The Morgan fingerprint density at radius 1 is 1.30 bits per heavy atom. The van der Waals surface area contributed by atoms with E-state index >= 15 is 0 Å². The van der Waals surface area contributed by atoms with E-state index in [2.05, 4.69) is 10.0 Å².